The van der Waals surface area contributed by atoms with E-state index in [0.717, 1.165) is 15.8 Å². The Labute approximate surface area is 102 Å². The third-order valence-corrected chi connectivity index (χ3v) is 2.70. The van der Waals surface area contributed by atoms with Crippen LogP contribution in [0.15, 0.2) is 47.2 Å². The zero-order valence-electron chi connectivity index (χ0n) is 8.31. The normalized spacial score (nSPS) is 9.50. The minimum atomic E-state index is 0.652. The number of anilines is 2. The van der Waals surface area contributed by atoms with E-state index >= 15 is 0 Å². The Balaban J connectivity index is 2.22. The lowest BCUT2D eigenvalue weighted by molar-refractivity contribution is 1.30. The molecule has 0 aliphatic rings. The first kappa shape index (κ1) is 10.7. The molecule has 78 valence electrons. The third-order valence-electron chi connectivity index (χ3n) is 2.07. The predicted molar refractivity (Wildman–Crippen MR) is 66.4 cm³/mol. The highest BCUT2D eigenvalue weighted by Gasteiger charge is 1.99. The van der Waals surface area contributed by atoms with Crippen LogP contribution in [0.5, 0.6) is 0 Å². The molecule has 0 atom stereocenters. The van der Waals surface area contributed by atoms with Gasteiger partial charge in [-0.05, 0) is 46.3 Å². The number of halogens is 1. The van der Waals surface area contributed by atoms with Gasteiger partial charge in [-0.15, -0.1) is 0 Å². The molecule has 1 aromatic heterocycles. The highest BCUT2D eigenvalue weighted by molar-refractivity contribution is 9.10. The van der Waals surface area contributed by atoms with Crippen molar-refractivity contribution in [2.45, 2.75) is 0 Å². The van der Waals surface area contributed by atoms with Gasteiger partial charge in [0, 0.05) is 18.1 Å². The standard InChI is InChI=1S/C12H8BrN3/c13-11-8-15-6-5-12(11)16-10-3-1-9(7-14)2-4-10/h1-6,8H,(H,15,16). The summed E-state index contributed by atoms with van der Waals surface area (Å²) in [4.78, 5) is 3.98. The predicted octanol–water partition coefficient (Wildman–Crippen LogP) is 3.46. The molecule has 0 unspecified atom stereocenters. The Morgan fingerprint density at radius 2 is 1.94 bits per heavy atom. The van der Waals surface area contributed by atoms with E-state index in [1.165, 1.54) is 0 Å². The summed E-state index contributed by atoms with van der Waals surface area (Å²) in [6.45, 7) is 0. The Morgan fingerprint density at radius 1 is 1.19 bits per heavy atom. The van der Waals surface area contributed by atoms with Crippen LogP contribution in [0.2, 0.25) is 0 Å². The summed E-state index contributed by atoms with van der Waals surface area (Å²) >= 11 is 3.40. The van der Waals surface area contributed by atoms with Crippen molar-refractivity contribution >= 4 is 27.3 Å². The van der Waals surface area contributed by atoms with E-state index in [1.807, 2.05) is 18.2 Å². The molecule has 0 radical (unpaired) electrons. The van der Waals surface area contributed by atoms with Crippen molar-refractivity contribution in [3.63, 3.8) is 0 Å². The van der Waals surface area contributed by atoms with Crippen LogP contribution >= 0.6 is 15.9 Å². The summed E-state index contributed by atoms with van der Waals surface area (Å²) in [6.07, 6.45) is 3.45. The first-order valence-electron chi connectivity index (χ1n) is 4.66. The van der Waals surface area contributed by atoms with Gasteiger partial charge in [0.2, 0.25) is 0 Å². The minimum Gasteiger partial charge on any atom is -0.355 e. The Kier molecular flexibility index (Phi) is 3.18. The second-order valence-electron chi connectivity index (χ2n) is 3.17. The van der Waals surface area contributed by atoms with Crippen molar-refractivity contribution in [2.75, 3.05) is 5.32 Å². The fraction of sp³-hybridized carbons (Fsp3) is 0. The van der Waals surface area contributed by atoms with E-state index in [0.29, 0.717) is 5.56 Å². The number of nitrogens with zero attached hydrogens (tertiary/aromatic N) is 2. The van der Waals surface area contributed by atoms with Gasteiger partial charge in [0.15, 0.2) is 0 Å². The lowest BCUT2D eigenvalue weighted by atomic mass is 10.2. The SMILES string of the molecule is N#Cc1ccc(Nc2ccncc2Br)cc1. The molecule has 0 bridgehead atoms. The number of nitrogens with one attached hydrogen (secondary N) is 1. The van der Waals surface area contributed by atoms with Crippen LogP contribution in [-0.2, 0) is 0 Å². The van der Waals surface area contributed by atoms with Crippen molar-refractivity contribution in [3.05, 3.63) is 52.8 Å². The number of hydrogen-bond donors (Lipinski definition) is 1. The molecule has 1 N–H and O–H groups in total. The van der Waals surface area contributed by atoms with Crippen molar-refractivity contribution in [1.29, 1.82) is 5.26 Å². The molecule has 16 heavy (non-hydrogen) atoms. The molecule has 0 saturated carbocycles. The molecular weight excluding hydrogens is 266 g/mol. The van der Waals surface area contributed by atoms with Crippen molar-refractivity contribution in [3.8, 4) is 6.07 Å². The molecule has 2 rings (SSSR count). The van der Waals surface area contributed by atoms with Crippen LogP contribution < -0.4 is 5.32 Å². The topological polar surface area (TPSA) is 48.7 Å². The molecule has 3 nitrogen and oxygen atoms in total. The monoisotopic (exact) mass is 273 g/mol. The van der Waals surface area contributed by atoms with Gasteiger partial charge >= 0.3 is 0 Å². The van der Waals surface area contributed by atoms with Gasteiger partial charge in [0.25, 0.3) is 0 Å². The van der Waals surface area contributed by atoms with Crippen LogP contribution in [-0.4, -0.2) is 4.98 Å². The molecular formula is C12H8BrN3. The van der Waals surface area contributed by atoms with E-state index in [9.17, 15) is 0 Å². The largest absolute Gasteiger partial charge is 0.355 e. The highest BCUT2D eigenvalue weighted by atomic mass is 79.9. The van der Waals surface area contributed by atoms with Gasteiger partial charge in [-0.25, -0.2) is 0 Å². The van der Waals surface area contributed by atoms with Crippen LogP contribution in [0.4, 0.5) is 11.4 Å². The molecule has 4 heteroatoms. The number of benzene rings is 1. The quantitative estimate of drug-likeness (QED) is 0.912. The lowest BCUT2D eigenvalue weighted by Crippen LogP contribution is -1.91. The minimum absolute atomic E-state index is 0.652. The van der Waals surface area contributed by atoms with Gasteiger partial charge < -0.3 is 5.32 Å². The summed E-state index contributed by atoms with van der Waals surface area (Å²) in [6, 6.07) is 11.2. The molecule has 1 aromatic carbocycles. The molecule has 2 aromatic rings. The molecule has 0 fully saturated rings. The molecule has 0 saturated heterocycles. The summed E-state index contributed by atoms with van der Waals surface area (Å²) < 4.78 is 0.902. The first-order valence-corrected chi connectivity index (χ1v) is 5.45. The maximum Gasteiger partial charge on any atom is 0.0991 e. The van der Waals surface area contributed by atoms with Gasteiger partial charge in [-0.1, -0.05) is 0 Å². The Hall–Kier alpha value is -1.86. The summed E-state index contributed by atoms with van der Waals surface area (Å²) in [5, 5.41) is 11.9. The van der Waals surface area contributed by atoms with E-state index in [4.69, 9.17) is 5.26 Å². The average Bonchev–Trinajstić information content (AvgIpc) is 2.33. The molecule has 0 amide bonds. The maximum atomic E-state index is 8.68. The maximum absolute atomic E-state index is 8.68. The Bertz CT molecular complexity index is 529. The fourth-order valence-corrected chi connectivity index (χ4v) is 1.61. The van der Waals surface area contributed by atoms with Crippen LogP contribution in [0.25, 0.3) is 0 Å². The van der Waals surface area contributed by atoms with Gasteiger partial charge in [-0.3, -0.25) is 4.98 Å². The van der Waals surface area contributed by atoms with Gasteiger partial charge in [-0.2, -0.15) is 5.26 Å². The van der Waals surface area contributed by atoms with Gasteiger partial charge in [0.1, 0.15) is 0 Å². The average molecular weight is 274 g/mol. The van der Waals surface area contributed by atoms with Crippen molar-refractivity contribution in [2.24, 2.45) is 0 Å². The van der Waals surface area contributed by atoms with Crippen LogP contribution in [0, 0.1) is 11.3 Å². The smallest absolute Gasteiger partial charge is 0.0991 e. The number of hydrogen-bond acceptors (Lipinski definition) is 3. The Morgan fingerprint density at radius 3 is 2.56 bits per heavy atom. The van der Waals surface area contributed by atoms with E-state index in [2.05, 4.69) is 32.3 Å². The number of aromatic nitrogens is 1. The van der Waals surface area contributed by atoms with Crippen LogP contribution in [0.1, 0.15) is 5.56 Å². The van der Waals surface area contributed by atoms with Gasteiger partial charge in [0.05, 0.1) is 21.8 Å². The fourth-order valence-electron chi connectivity index (χ4n) is 1.26. The number of nitriles is 1. The summed E-state index contributed by atoms with van der Waals surface area (Å²) in [5.41, 5.74) is 2.53. The highest BCUT2D eigenvalue weighted by Crippen LogP contribution is 2.24. The summed E-state index contributed by atoms with van der Waals surface area (Å²) in [7, 11) is 0. The third kappa shape index (κ3) is 2.38. The zero-order chi connectivity index (χ0) is 11.4. The molecule has 0 spiro atoms. The van der Waals surface area contributed by atoms with Crippen LogP contribution in [0.3, 0.4) is 0 Å². The first-order chi connectivity index (χ1) is 7.79. The number of rotatable bonds is 2. The van der Waals surface area contributed by atoms with E-state index in [-0.39, 0.29) is 0 Å². The summed E-state index contributed by atoms with van der Waals surface area (Å²) in [5.74, 6) is 0. The van der Waals surface area contributed by atoms with Crippen molar-refractivity contribution < 1.29 is 0 Å². The molecule has 0 aliphatic heterocycles. The number of pyridine rings is 1. The van der Waals surface area contributed by atoms with E-state index in [1.54, 1.807) is 24.5 Å². The van der Waals surface area contributed by atoms with E-state index < -0.39 is 0 Å². The second-order valence-corrected chi connectivity index (χ2v) is 4.02. The zero-order valence-corrected chi connectivity index (χ0v) is 9.90. The lowest BCUT2D eigenvalue weighted by Gasteiger charge is -2.07. The molecule has 0 aliphatic carbocycles. The molecule has 1 heterocycles. The van der Waals surface area contributed by atoms with Crippen molar-refractivity contribution in [1.82, 2.24) is 4.98 Å². The second kappa shape index (κ2) is 4.77.